The van der Waals surface area contributed by atoms with Crippen LogP contribution in [0.15, 0.2) is 22.8 Å². The third-order valence-electron chi connectivity index (χ3n) is 3.07. The van der Waals surface area contributed by atoms with Crippen LogP contribution in [0.4, 0.5) is 0 Å². The zero-order valence-electron chi connectivity index (χ0n) is 10.4. The maximum absolute atomic E-state index is 5.53. The van der Waals surface area contributed by atoms with E-state index >= 15 is 0 Å². The van der Waals surface area contributed by atoms with Gasteiger partial charge in [-0.25, -0.2) is 0 Å². The van der Waals surface area contributed by atoms with Crippen LogP contribution in [0.5, 0.6) is 0 Å². The predicted octanol–water partition coefficient (Wildman–Crippen LogP) is 2.67. The molecule has 1 aliphatic heterocycles. The Morgan fingerprint density at radius 1 is 1.59 bits per heavy atom. The first-order chi connectivity index (χ1) is 8.36. The Hall–Kier alpha value is -0.450. The standard InChI is InChI=1S/C13H21NO2S/c1-11-13(5-9-17-11)14-6-3-7-15-10-12-4-2-8-16-12/h2,4,8,11,13-14H,3,5-7,9-10H2,1H3. The van der Waals surface area contributed by atoms with Crippen LogP contribution in [0.3, 0.4) is 0 Å². The van der Waals surface area contributed by atoms with Gasteiger partial charge in [0.15, 0.2) is 0 Å². The zero-order valence-corrected chi connectivity index (χ0v) is 11.2. The molecule has 1 saturated heterocycles. The van der Waals surface area contributed by atoms with Crippen molar-refractivity contribution in [1.82, 2.24) is 5.32 Å². The van der Waals surface area contributed by atoms with E-state index in [-0.39, 0.29) is 0 Å². The summed E-state index contributed by atoms with van der Waals surface area (Å²) in [6.45, 7) is 4.74. The van der Waals surface area contributed by atoms with Gasteiger partial charge in [-0.3, -0.25) is 0 Å². The summed E-state index contributed by atoms with van der Waals surface area (Å²) in [4.78, 5) is 0. The molecule has 2 rings (SSSR count). The van der Waals surface area contributed by atoms with Crippen LogP contribution in [0, 0.1) is 0 Å². The van der Waals surface area contributed by atoms with E-state index in [2.05, 4.69) is 24.0 Å². The van der Waals surface area contributed by atoms with Gasteiger partial charge < -0.3 is 14.5 Å². The van der Waals surface area contributed by atoms with Gasteiger partial charge in [-0.1, -0.05) is 6.92 Å². The molecule has 0 aliphatic carbocycles. The van der Waals surface area contributed by atoms with E-state index in [1.165, 1.54) is 12.2 Å². The lowest BCUT2D eigenvalue weighted by molar-refractivity contribution is 0.103. The second-order valence-corrected chi connectivity index (χ2v) is 5.90. The summed E-state index contributed by atoms with van der Waals surface area (Å²) in [7, 11) is 0. The van der Waals surface area contributed by atoms with Crippen molar-refractivity contribution >= 4 is 11.8 Å². The molecule has 1 aromatic rings. The number of furan rings is 1. The molecule has 2 atom stereocenters. The highest BCUT2D eigenvalue weighted by molar-refractivity contribution is 8.00. The van der Waals surface area contributed by atoms with E-state index in [9.17, 15) is 0 Å². The topological polar surface area (TPSA) is 34.4 Å². The minimum Gasteiger partial charge on any atom is -0.467 e. The molecular formula is C13H21NO2S. The Morgan fingerprint density at radius 3 is 3.24 bits per heavy atom. The summed E-state index contributed by atoms with van der Waals surface area (Å²) in [6, 6.07) is 4.53. The van der Waals surface area contributed by atoms with Crippen molar-refractivity contribution in [3.05, 3.63) is 24.2 Å². The third kappa shape index (κ3) is 4.37. The minimum absolute atomic E-state index is 0.586. The molecule has 0 aromatic carbocycles. The molecule has 2 heterocycles. The van der Waals surface area contributed by atoms with Gasteiger partial charge >= 0.3 is 0 Å². The Balaban J connectivity index is 1.46. The summed E-state index contributed by atoms with van der Waals surface area (Å²) in [5, 5.41) is 4.36. The first kappa shape index (κ1) is 13.0. The minimum atomic E-state index is 0.586. The summed E-state index contributed by atoms with van der Waals surface area (Å²) < 4.78 is 10.7. The van der Waals surface area contributed by atoms with Crippen molar-refractivity contribution in [2.45, 2.75) is 37.7 Å². The Morgan fingerprint density at radius 2 is 2.53 bits per heavy atom. The maximum Gasteiger partial charge on any atom is 0.129 e. The van der Waals surface area contributed by atoms with Crippen molar-refractivity contribution in [3.8, 4) is 0 Å². The lowest BCUT2D eigenvalue weighted by Crippen LogP contribution is -2.34. The van der Waals surface area contributed by atoms with Crippen molar-refractivity contribution < 1.29 is 9.15 Å². The number of hydrogen-bond donors (Lipinski definition) is 1. The normalized spacial score (nSPS) is 24.3. The average Bonchev–Trinajstić information content (AvgIpc) is 2.95. The van der Waals surface area contributed by atoms with E-state index in [0.29, 0.717) is 12.6 Å². The quantitative estimate of drug-likeness (QED) is 0.760. The van der Waals surface area contributed by atoms with E-state index in [0.717, 1.165) is 30.6 Å². The number of thioether (sulfide) groups is 1. The van der Waals surface area contributed by atoms with Gasteiger partial charge in [0.2, 0.25) is 0 Å². The highest BCUT2D eigenvalue weighted by atomic mass is 32.2. The molecule has 0 amide bonds. The molecule has 1 N–H and O–H groups in total. The van der Waals surface area contributed by atoms with Crippen LogP contribution in [-0.2, 0) is 11.3 Å². The molecule has 2 unspecified atom stereocenters. The third-order valence-corrected chi connectivity index (χ3v) is 4.40. The molecule has 17 heavy (non-hydrogen) atoms. The van der Waals surface area contributed by atoms with E-state index < -0.39 is 0 Å². The largest absolute Gasteiger partial charge is 0.467 e. The van der Waals surface area contributed by atoms with Crippen molar-refractivity contribution in [3.63, 3.8) is 0 Å². The monoisotopic (exact) mass is 255 g/mol. The lowest BCUT2D eigenvalue weighted by Gasteiger charge is -2.16. The molecule has 96 valence electrons. The lowest BCUT2D eigenvalue weighted by atomic mass is 10.2. The number of ether oxygens (including phenoxy) is 1. The molecule has 1 aliphatic rings. The number of hydrogen-bond acceptors (Lipinski definition) is 4. The fraction of sp³-hybridized carbons (Fsp3) is 0.692. The average molecular weight is 255 g/mol. The van der Waals surface area contributed by atoms with Gasteiger partial charge in [-0.05, 0) is 37.3 Å². The number of nitrogens with one attached hydrogen (secondary N) is 1. The summed E-state index contributed by atoms with van der Waals surface area (Å²) in [5.74, 6) is 2.20. The van der Waals surface area contributed by atoms with Crippen LogP contribution in [0.2, 0.25) is 0 Å². The molecule has 0 radical (unpaired) electrons. The van der Waals surface area contributed by atoms with Gasteiger partial charge in [-0.15, -0.1) is 0 Å². The van der Waals surface area contributed by atoms with Crippen LogP contribution in [0.25, 0.3) is 0 Å². The Kier molecular flexibility index (Phi) is 5.42. The van der Waals surface area contributed by atoms with Crippen molar-refractivity contribution in [1.29, 1.82) is 0 Å². The SMILES string of the molecule is CC1SCCC1NCCCOCc1ccco1. The van der Waals surface area contributed by atoms with Crippen LogP contribution in [-0.4, -0.2) is 30.2 Å². The van der Waals surface area contributed by atoms with Gasteiger partial charge in [0, 0.05) is 17.9 Å². The first-order valence-corrected chi connectivity index (χ1v) is 7.36. The van der Waals surface area contributed by atoms with Crippen LogP contribution >= 0.6 is 11.8 Å². The molecule has 0 bridgehead atoms. The molecule has 1 aromatic heterocycles. The van der Waals surface area contributed by atoms with Gasteiger partial charge in [-0.2, -0.15) is 11.8 Å². The molecule has 1 fully saturated rings. The fourth-order valence-electron chi connectivity index (χ4n) is 2.03. The molecule has 0 saturated carbocycles. The molecule has 0 spiro atoms. The highest BCUT2D eigenvalue weighted by Crippen LogP contribution is 2.25. The summed E-state index contributed by atoms with van der Waals surface area (Å²) in [6.07, 6.45) is 4.05. The summed E-state index contributed by atoms with van der Waals surface area (Å²) >= 11 is 2.07. The Bertz CT molecular complexity index is 302. The second kappa shape index (κ2) is 7.09. The Labute approximate surface area is 107 Å². The molecule has 4 heteroatoms. The highest BCUT2D eigenvalue weighted by Gasteiger charge is 2.22. The first-order valence-electron chi connectivity index (χ1n) is 6.31. The van der Waals surface area contributed by atoms with Crippen molar-refractivity contribution in [2.75, 3.05) is 18.9 Å². The predicted molar refractivity (Wildman–Crippen MR) is 71.3 cm³/mol. The smallest absolute Gasteiger partial charge is 0.129 e. The van der Waals surface area contributed by atoms with Crippen LogP contribution < -0.4 is 5.32 Å². The fourth-order valence-corrected chi connectivity index (χ4v) is 3.26. The van der Waals surface area contributed by atoms with E-state index in [4.69, 9.17) is 9.15 Å². The van der Waals surface area contributed by atoms with Crippen LogP contribution in [0.1, 0.15) is 25.5 Å². The molecular weight excluding hydrogens is 234 g/mol. The zero-order chi connectivity index (χ0) is 11.9. The maximum atomic E-state index is 5.53. The van der Waals surface area contributed by atoms with Crippen molar-refractivity contribution in [2.24, 2.45) is 0 Å². The van der Waals surface area contributed by atoms with E-state index in [1.54, 1.807) is 6.26 Å². The van der Waals surface area contributed by atoms with Gasteiger partial charge in [0.25, 0.3) is 0 Å². The second-order valence-electron chi connectivity index (χ2n) is 4.41. The van der Waals surface area contributed by atoms with Gasteiger partial charge in [0.1, 0.15) is 12.4 Å². The number of rotatable bonds is 7. The van der Waals surface area contributed by atoms with E-state index in [1.807, 2.05) is 12.1 Å². The molecule has 3 nitrogen and oxygen atoms in total. The van der Waals surface area contributed by atoms with Gasteiger partial charge in [0.05, 0.1) is 6.26 Å². The summed E-state index contributed by atoms with van der Waals surface area (Å²) in [5.41, 5.74) is 0.